The first-order chi connectivity index (χ1) is 5.61. The second kappa shape index (κ2) is 3.13. The maximum Gasteiger partial charge on any atom is 0.191 e. The number of nitrogens with two attached hydrogens (primary N) is 3. The fraction of sp³-hybridized carbons (Fsp3) is 0.125. The number of guanidine groups is 1. The van der Waals surface area contributed by atoms with Crippen LogP contribution < -0.4 is 17.2 Å². The van der Waals surface area contributed by atoms with Crippen molar-refractivity contribution in [1.82, 2.24) is 0 Å². The smallest absolute Gasteiger partial charge is 0.191 e. The molecule has 0 fully saturated rings. The van der Waals surface area contributed by atoms with E-state index < -0.39 is 0 Å². The predicted octanol–water partition coefficient (Wildman–Crippen LogP) is 0.482. The Morgan fingerprint density at radius 2 is 2.00 bits per heavy atom. The molecule has 4 nitrogen and oxygen atoms in total. The number of hydrogen-bond acceptors (Lipinski definition) is 2. The lowest BCUT2D eigenvalue weighted by Gasteiger charge is -2.03. The third-order valence-corrected chi connectivity index (χ3v) is 1.51. The minimum Gasteiger partial charge on any atom is -0.397 e. The Kier molecular flexibility index (Phi) is 2.19. The van der Waals surface area contributed by atoms with E-state index in [1.807, 2.05) is 19.1 Å². The van der Waals surface area contributed by atoms with Gasteiger partial charge in [0.2, 0.25) is 0 Å². The first-order valence-corrected chi connectivity index (χ1v) is 3.56. The molecule has 0 aliphatic carbocycles. The Hall–Kier alpha value is -1.71. The summed E-state index contributed by atoms with van der Waals surface area (Å²) in [6.07, 6.45) is 0. The largest absolute Gasteiger partial charge is 0.397 e. The molecule has 0 amide bonds. The van der Waals surface area contributed by atoms with Crippen LogP contribution in [0.3, 0.4) is 0 Å². The van der Waals surface area contributed by atoms with E-state index in [1.54, 1.807) is 6.07 Å². The van der Waals surface area contributed by atoms with Gasteiger partial charge < -0.3 is 17.2 Å². The Balaban J connectivity index is 3.22. The first kappa shape index (κ1) is 8.39. The topological polar surface area (TPSA) is 90.4 Å². The second-order valence-electron chi connectivity index (χ2n) is 2.55. The van der Waals surface area contributed by atoms with Gasteiger partial charge in [0.1, 0.15) is 0 Å². The predicted molar refractivity (Wildman–Crippen MR) is 51.1 cm³/mol. The standard InChI is InChI=1S/C8H12N4/c1-5-3-2-4-6(9)7(5)12-8(10)11/h2-4H,9H2,1H3,(H4,10,11,12). The maximum atomic E-state index is 5.65. The molecule has 0 atom stereocenters. The number of benzene rings is 1. The third kappa shape index (κ3) is 1.66. The van der Waals surface area contributed by atoms with E-state index in [0.717, 1.165) is 5.56 Å². The van der Waals surface area contributed by atoms with Gasteiger partial charge in [0.15, 0.2) is 5.96 Å². The molecule has 1 aromatic carbocycles. The summed E-state index contributed by atoms with van der Waals surface area (Å²) in [6, 6.07) is 5.52. The van der Waals surface area contributed by atoms with Crippen LogP contribution in [0.1, 0.15) is 5.56 Å². The minimum absolute atomic E-state index is 0.0241. The Labute approximate surface area is 71.1 Å². The van der Waals surface area contributed by atoms with Gasteiger partial charge in [-0.05, 0) is 18.6 Å². The van der Waals surface area contributed by atoms with Crippen LogP contribution in [0.15, 0.2) is 23.2 Å². The van der Waals surface area contributed by atoms with Crippen LogP contribution in [0, 0.1) is 6.92 Å². The van der Waals surface area contributed by atoms with Crippen molar-refractivity contribution in [3.05, 3.63) is 23.8 Å². The van der Waals surface area contributed by atoms with Crippen LogP contribution in [0.2, 0.25) is 0 Å². The highest BCUT2D eigenvalue weighted by molar-refractivity contribution is 5.82. The molecule has 0 saturated carbocycles. The van der Waals surface area contributed by atoms with Crippen LogP contribution >= 0.6 is 0 Å². The number of hydrogen-bond donors (Lipinski definition) is 3. The van der Waals surface area contributed by atoms with Crippen LogP contribution in [0.25, 0.3) is 0 Å². The molecule has 0 saturated heterocycles. The molecule has 0 aromatic heterocycles. The van der Waals surface area contributed by atoms with E-state index in [0.29, 0.717) is 11.4 Å². The molecule has 64 valence electrons. The first-order valence-electron chi connectivity index (χ1n) is 3.56. The van der Waals surface area contributed by atoms with Crippen molar-refractivity contribution in [3.63, 3.8) is 0 Å². The molecule has 0 heterocycles. The van der Waals surface area contributed by atoms with E-state index in [-0.39, 0.29) is 5.96 Å². The molecule has 6 N–H and O–H groups in total. The van der Waals surface area contributed by atoms with Crippen molar-refractivity contribution in [3.8, 4) is 0 Å². The molecule has 0 spiro atoms. The van der Waals surface area contributed by atoms with Crippen molar-refractivity contribution in [2.45, 2.75) is 6.92 Å². The number of para-hydroxylation sites is 1. The Morgan fingerprint density at radius 3 is 2.50 bits per heavy atom. The van der Waals surface area contributed by atoms with Crippen LogP contribution in [0.5, 0.6) is 0 Å². The van der Waals surface area contributed by atoms with Gasteiger partial charge in [-0.3, -0.25) is 0 Å². The molecule has 1 aromatic rings. The monoisotopic (exact) mass is 164 g/mol. The van der Waals surface area contributed by atoms with Crippen molar-refractivity contribution < 1.29 is 0 Å². The molecular formula is C8H12N4. The zero-order valence-corrected chi connectivity index (χ0v) is 6.91. The van der Waals surface area contributed by atoms with Gasteiger partial charge in [-0.1, -0.05) is 12.1 Å². The number of aryl methyl sites for hydroxylation is 1. The van der Waals surface area contributed by atoms with Gasteiger partial charge in [0.25, 0.3) is 0 Å². The van der Waals surface area contributed by atoms with Crippen molar-refractivity contribution in [1.29, 1.82) is 0 Å². The highest BCUT2D eigenvalue weighted by Crippen LogP contribution is 2.25. The summed E-state index contributed by atoms with van der Waals surface area (Å²) in [5.41, 5.74) is 18.3. The van der Waals surface area contributed by atoms with E-state index in [4.69, 9.17) is 17.2 Å². The summed E-state index contributed by atoms with van der Waals surface area (Å²) in [5.74, 6) is 0.0241. The fourth-order valence-corrected chi connectivity index (χ4v) is 0.963. The van der Waals surface area contributed by atoms with Crippen LogP contribution in [-0.2, 0) is 0 Å². The van der Waals surface area contributed by atoms with Crippen LogP contribution in [0.4, 0.5) is 11.4 Å². The average Bonchev–Trinajstić information content (AvgIpc) is 1.97. The summed E-state index contributed by atoms with van der Waals surface area (Å²) in [7, 11) is 0. The molecule has 4 heteroatoms. The maximum absolute atomic E-state index is 5.65. The van der Waals surface area contributed by atoms with E-state index >= 15 is 0 Å². The Morgan fingerprint density at radius 1 is 1.33 bits per heavy atom. The lowest BCUT2D eigenvalue weighted by atomic mass is 10.2. The molecule has 0 unspecified atom stereocenters. The summed E-state index contributed by atoms with van der Waals surface area (Å²) in [4.78, 5) is 3.91. The highest BCUT2D eigenvalue weighted by Gasteiger charge is 1.99. The van der Waals surface area contributed by atoms with Gasteiger partial charge in [0.05, 0.1) is 11.4 Å². The van der Waals surface area contributed by atoms with E-state index in [1.165, 1.54) is 0 Å². The molecule has 0 aliphatic rings. The SMILES string of the molecule is Cc1cccc(N)c1N=C(N)N. The lowest BCUT2D eigenvalue weighted by Crippen LogP contribution is -2.22. The lowest BCUT2D eigenvalue weighted by molar-refractivity contribution is 1.36. The van der Waals surface area contributed by atoms with E-state index in [2.05, 4.69) is 4.99 Å². The molecule has 0 radical (unpaired) electrons. The molecule has 12 heavy (non-hydrogen) atoms. The highest BCUT2D eigenvalue weighted by atomic mass is 15.0. The van der Waals surface area contributed by atoms with Gasteiger partial charge >= 0.3 is 0 Å². The quantitative estimate of drug-likeness (QED) is 0.320. The van der Waals surface area contributed by atoms with Gasteiger partial charge in [-0.25, -0.2) is 4.99 Å². The van der Waals surface area contributed by atoms with E-state index in [9.17, 15) is 0 Å². The fourth-order valence-electron chi connectivity index (χ4n) is 0.963. The van der Waals surface area contributed by atoms with Crippen molar-refractivity contribution in [2.24, 2.45) is 16.5 Å². The third-order valence-electron chi connectivity index (χ3n) is 1.51. The van der Waals surface area contributed by atoms with Gasteiger partial charge in [-0.2, -0.15) is 0 Å². The van der Waals surface area contributed by atoms with Gasteiger partial charge in [-0.15, -0.1) is 0 Å². The van der Waals surface area contributed by atoms with Gasteiger partial charge in [0, 0.05) is 0 Å². The molecule has 0 bridgehead atoms. The number of anilines is 1. The average molecular weight is 164 g/mol. The summed E-state index contributed by atoms with van der Waals surface area (Å²) < 4.78 is 0. The minimum atomic E-state index is 0.0241. The van der Waals surface area contributed by atoms with Crippen molar-refractivity contribution >= 4 is 17.3 Å². The molecular weight excluding hydrogens is 152 g/mol. The van der Waals surface area contributed by atoms with Crippen molar-refractivity contribution in [2.75, 3.05) is 5.73 Å². The number of rotatable bonds is 1. The summed E-state index contributed by atoms with van der Waals surface area (Å²) >= 11 is 0. The summed E-state index contributed by atoms with van der Waals surface area (Å²) in [6.45, 7) is 1.90. The molecule has 0 aliphatic heterocycles. The zero-order chi connectivity index (χ0) is 9.14. The number of nitrogens with zero attached hydrogens (tertiary/aromatic N) is 1. The summed E-state index contributed by atoms with van der Waals surface area (Å²) in [5, 5.41) is 0. The zero-order valence-electron chi connectivity index (χ0n) is 6.91. The number of aliphatic imine (C=N–C) groups is 1. The van der Waals surface area contributed by atoms with Crippen LogP contribution in [-0.4, -0.2) is 5.96 Å². The normalized spacial score (nSPS) is 9.42. The Bertz CT molecular complexity index is 293. The second-order valence-corrected chi connectivity index (χ2v) is 2.55. The number of nitrogen functional groups attached to an aromatic ring is 1. The molecule has 1 rings (SSSR count).